The van der Waals surface area contributed by atoms with E-state index in [0.717, 1.165) is 0 Å². The van der Waals surface area contributed by atoms with Crippen molar-refractivity contribution in [3.8, 4) is 0 Å². The molecule has 1 amide bonds. The lowest BCUT2D eigenvalue weighted by molar-refractivity contribution is -0.187. The van der Waals surface area contributed by atoms with E-state index >= 15 is 0 Å². The molecule has 120 valence electrons. The zero-order valence-electron chi connectivity index (χ0n) is 11.6. The number of hydrogen-bond donors (Lipinski definition) is 1. The number of nitrogens with zero attached hydrogens (tertiary/aromatic N) is 1. The number of rotatable bonds is 2. The van der Waals surface area contributed by atoms with Crippen LogP contribution in [0.25, 0.3) is 0 Å². The summed E-state index contributed by atoms with van der Waals surface area (Å²) in [7, 11) is 0. The van der Waals surface area contributed by atoms with Gasteiger partial charge in [0, 0.05) is 26.3 Å². The molecule has 0 saturated carbocycles. The van der Waals surface area contributed by atoms with Crippen molar-refractivity contribution in [2.24, 2.45) is 17.1 Å². The van der Waals surface area contributed by atoms with Gasteiger partial charge < -0.3 is 15.4 Å². The number of nitrogens with two attached hydrogens (primary N) is 1. The molecule has 0 aromatic rings. The van der Waals surface area contributed by atoms with E-state index in [1.54, 1.807) is 0 Å². The second-order valence-electron chi connectivity index (χ2n) is 5.67. The molecule has 0 aliphatic carbocycles. The van der Waals surface area contributed by atoms with E-state index < -0.39 is 17.5 Å². The Morgan fingerprint density at radius 3 is 2.19 bits per heavy atom. The number of carbonyl (C=O) groups excluding carboxylic acids is 1. The first-order chi connectivity index (χ1) is 9.77. The Hall–Kier alpha value is -0.890. The molecule has 2 rings (SSSR count). The number of alkyl halides is 3. The van der Waals surface area contributed by atoms with Crippen LogP contribution in [0.2, 0.25) is 0 Å². The van der Waals surface area contributed by atoms with Gasteiger partial charge >= 0.3 is 6.18 Å². The first-order valence-corrected chi connectivity index (χ1v) is 7.42. The van der Waals surface area contributed by atoms with Crippen LogP contribution in [-0.4, -0.2) is 48.3 Å². The number of hydrogen-bond acceptors (Lipinski definition) is 3. The molecular formula is C13H19F3N2O2S. The van der Waals surface area contributed by atoms with Crippen LogP contribution in [-0.2, 0) is 9.53 Å². The van der Waals surface area contributed by atoms with Gasteiger partial charge in [0.1, 0.15) is 5.41 Å². The quantitative estimate of drug-likeness (QED) is 0.788. The van der Waals surface area contributed by atoms with Gasteiger partial charge in [-0.3, -0.25) is 4.79 Å². The highest BCUT2D eigenvalue weighted by Crippen LogP contribution is 2.38. The number of carbonyl (C=O) groups is 1. The molecule has 0 aromatic heterocycles. The van der Waals surface area contributed by atoms with E-state index in [1.807, 2.05) is 0 Å². The summed E-state index contributed by atoms with van der Waals surface area (Å²) < 4.78 is 43.2. The highest BCUT2D eigenvalue weighted by atomic mass is 32.1. The molecule has 2 fully saturated rings. The lowest BCUT2D eigenvalue weighted by Crippen LogP contribution is -2.55. The zero-order chi connectivity index (χ0) is 15.7. The molecule has 4 nitrogen and oxygen atoms in total. The second-order valence-corrected chi connectivity index (χ2v) is 6.11. The van der Waals surface area contributed by atoms with Crippen LogP contribution < -0.4 is 5.73 Å². The average molecular weight is 324 g/mol. The Kier molecular flexibility index (Phi) is 4.77. The summed E-state index contributed by atoms with van der Waals surface area (Å²) in [6, 6.07) is 0. The highest BCUT2D eigenvalue weighted by molar-refractivity contribution is 7.80. The maximum Gasteiger partial charge on any atom is 0.391 e. The van der Waals surface area contributed by atoms with Gasteiger partial charge in [-0.25, -0.2) is 0 Å². The minimum atomic E-state index is -4.19. The molecule has 2 N–H and O–H groups in total. The number of thiocarbonyl (C=S) groups is 1. The van der Waals surface area contributed by atoms with Gasteiger partial charge in [0.25, 0.3) is 0 Å². The van der Waals surface area contributed by atoms with Crippen LogP contribution >= 0.6 is 12.2 Å². The number of halogens is 3. The molecule has 2 aliphatic rings. The molecule has 0 aromatic carbocycles. The van der Waals surface area contributed by atoms with Crippen LogP contribution in [0.4, 0.5) is 13.2 Å². The topological polar surface area (TPSA) is 55.6 Å². The summed E-state index contributed by atoms with van der Waals surface area (Å²) in [5.41, 5.74) is 4.81. The third-order valence-corrected chi connectivity index (χ3v) is 4.86. The fraction of sp³-hybridized carbons (Fsp3) is 0.846. The maximum atomic E-state index is 12.7. The van der Waals surface area contributed by atoms with E-state index in [-0.39, 0.29) is 36.8 Å². The summed E-state index contributed by atoms with van der Waals surface area (Å²) in [6.45, 7) is 0.993. The van der Waals surface area contributed by atoms with E-state index in [9.17, 15) is 18.0 Å². The standard InChI is InChI=1S/C13H19F3N2O2S/c14-13(15,16)9-1-5-18(6-2-9)11(19)12(10(17)21)3-7-20-8-4-12/h9H,1-8H2,(H2,17,21). The van der Waals surface area contributed by atoms with E-state index in [2.05, 4.69) is 0 Å². The Morgan fingerprint density at radius 2 is 1.76 bits per heavy atom. The van der Waals surface area contributed by atoms with Crippen molar-refractivity contribution in [2.75, 3.05) is 26.3 Å². The SMILES string of the molecule is NC(=S)C1(C(=O)N2CCC(C(F)(F)F)CC2)CCOCC1. The third kappa shape index (κ3) is 3.31. The second kappa shape index (κ2) is 6.08. The predicted octanol–water partition coefficient (Wildman–Crippen LogP) is 1.87. The van der Waals surface area contributed by atoms with Gasteiger partial charge in [-0.05, 0) is 25.7 Å². The van der Waals surface area contributed by atoms with Crippen LogP contribution in [0.1, 0.15) is 25.7 Å². The predicted molar refractivity (Wildman–Crippen MR) is 74.6 cm³/mol. The lowest BCUT2D eigenvalue weighted by Gasteiger charge is -2.41. The number of amides is 1. The van der Waals surface area contributed by atoms with Gasteiger partial charge in [0.2, 0.25) is 5.91 Å². The van der Waals surface area contributed by atoms with Gasteiger partial charge in [0.15, 0.2) is 0 Å². The van der Waals surface area contributed by atoms with Crippen molar-refractivity contribution >= 4 is 23.1 Å². The van der Waals surface area contributed by atoms with Crippen molar-refractivity contribution in [1.82, 2.24) is 4.90 Å². The van der Waals surface area contributed by atoms with Crippen LogP contribution in [0.3, 0.4) is 0 Å². The molecule has 0 radical (unpaired) electrons. The Balaban J connectivity index is 2.05. The number of ether oxygens (including phenoxy) is 1. The third-order valence-electron chi connectivity index (χ3n) is 4.47. The molecule has 0 atom stereocenters. The van der Waals surface area contributed by atoms with Crippen molar-refractivity contribution in [3.63, 3.8) is 0 Å². The van der Waals surface area contributed by atoms with Gasteiger partial charge in [-0.15, -0.1) is 0 Å². The average Bonchev–Trinajstić information content (AvgIpc) is 2.46. The molecule has 2 aliphatic heterocycles. The van der Waals surface area contributed by atoms with Crippen molar-refractivity contribution in [1.29, 1.82) is 0 Å². The Labute approximate surface area is 126 Å². The minimum absolute atomic E-state index is 0.0564. The highest BCUT2D eigenvalue weighted by Gasteiger charge is 2.48. The van der Waals surface area contributed by atoms with E-state index in [1.165, 1.54) is 4.90 Å². The number of likely N-dealkylation sites (tertiary alicyclic amines) is 1. The molecule has 2 saturated heterocycles. The molecule has 2 heterocycles. The van der Waals surface area contributed by atoms with Crippen molar-refractivity contribution in [2.45, 2.75) is 31.9 Å². The normalized spacial score (nSPS) is 23.9. The van der Waals surface area contributed by atoms with Gasteiger partial charge in [-0.2, -0.15) is 13.2 Å². The van der Waals surface area contributed by atoms with E-state index in [0.29, 0.717) is 26.1 Å². The number of piperidine rings is 1. The lowest BCUT2D eigenvalue weighted by atomic mass is 9.78. The fourth-order valence-electron chi connectivity index (χ4n) is 3.00. The molecule has 0 spiro atoms. The van der Waals surface area contributed by atoms with Crippen LogP contribution in [0, 0.1) is 11.3 Å². The first-order valence-electron chi connectivity index (χ1n) is 7.01. The monoisotopic (exact) mass is 324 g/mol. The Bertz CT molecular complexity index is 414. The van der Waals surface area contributed by atoms with Gasteiger partial charge in [0.05, 0.1) is 10.9 Å². The maximum absolute atomic E-state index is 12.7. The van der Waals surface area contributed by atoms with Gasteiger partial charge in [-0.1, -0.05) is 12.2 Å². The summed E-state index contributed by atoms with van der Waals surface area (Å²) in [6.07, 6.45) is -3.49. The van der Waals surface area contributed by atoms with E-state index in [4.69, 9.17) is 22.7 Å². The summed E-state index contributed by atoms with van der Waals surface area (Å²) in [4.78, 5) is 14.3. The molecule has 8 heteroatoms. The first kappa shape index (κ1) is 16.5. The zero-order valence-corrected chi connectivity index (χ0v) is 12.4. The smallest absolute Gasteiger partial charge is 0.391 e. The van der Waals surface area contributed by atoms with Crippen molar-refractivity contribution in [3.05, 3.63) is 0 Å². The van der Waals surface area contributed by atoms with Crippen LogP contribution in [0.5, 0.6) is 0 Å². The summed E-state index contributed by atoms with van der Waals surface area (Å²) in [5, 5.41) is 0. The Morgan fingerprint density at radius 1 is 1.24 bits per heavy atom. The van der Waals surface area contributed by atoms with Crippen LogP contribution in [0.15, 0.2) is 0 Å². The molecule has 0 bridgehead atoms. The molecule has 21 heavy (non-hydrogen) atoms. The van der Waals surface area contributed by atoms with Crippen molar-refractivity contribution < 1.29 is 22.7 Å². The molecular weight excluding hydrogens is 305 g/mol. The molecule has 0 unspecified atom stereocenters. The minimum Gasteiger partial charge on any atom is -0.392 e. The summed E-state index contributed by atoms with van der Waals surface area (Å²) >= 11 is 5.05. The summed E-state index contributed by atoms with van der Waals surface area (Å²) in [5.74, 6) is -1.56. The largest absolute Gasteiger partial charge is 0.392 e. The fourth-order valence-corrected chi connectivity index (χ4v) is 3.29.